The van der Waals surface area contributed by atoms with Gasteiger partial charge in [-0.2, -0.15) is 13.2 Å². The fourth-order valence-electron chi connectivity index (χ4n) is 3.30. The van der Waals surface area contributed by atoms with Crippen molar-refractivity contribution in [3.05, 3.63) is 42.1 Å². The molecule has 29 heavy (non-hydrogen) atoms. The van der Waals surface area contributed by atoms with Gasteiger partial charge in [-0.25, -0.2) is 19.3 Å². The van der Waals surface area contributed by atoms with Gasteiger partial charge in [0.2, 0.25) is 5.95 Å². The zero-order valence-electron chi connectivity index (χ0n) is 15.1. The molecule has 2 atom stereocenters. The van der Waals surface area contributed by atoms with Crippen LogP contribution < -0.4 is 10.6 Å². The summed E-state index contributed by atoms with van der Waals surface area (Å²) in [6.07, 6.45) is -2.17. The van der Waals surface area contributed by atoms with E-state index in [0.29, 0.717) is 5.65 Å². The van der Waals surface area contributed by atoms with Gasteiger partial charge in [0, 0.05) is 24.3 Å². The predicted octanol–water partition coefficient (Wildman–Crippen LogP) is 2.69. The van der Waals surface area contributed by atoms with E-state index in [9.17, 15) is 22.7 Å². The molecule has 11 heteroatoms. The first-order valence-corrected chi connectivity index (χ1v) is 9.05. The molecule has 0 spiro atoms. The molecule has 0 amide bonds. The third-order valence-corrected chi connectivity index (χ3v) is 4.77. The number of hydrogen-bond acceptors (Lipinski definition) is 6. The highest BCUT2D eigenvalue weighted by Gasteiger charge is 2.39. The lowest BCUT2D eigenvalue weighted by Crippen LogP contribution is -2.38. The summed E-state index contributed by atoms with van der Waals surface area (Å²) in [5, 5.41) is 15.9. The number of anilines is 1. The summed E-state index contributed by atoms with van der Waals surface area (Å²) in [5.41, 5.74) is -0.0363. The summed E-state index contributed by atoms with van der Waals surface area (Å²) in [7, 11) is 0. The maximum Gasteiger partial charge on any atom is 0.418 e. The number of fused-ring (bicyclic) bond motifs is 1. The van der Waals surface area contributed by atoms with Crippen molar-refractivity contribution in [3.63, 3.8) is 0 Å². The second kappa shape index (κ2) is 7.56. The number of hydrogen-bond donors (Lipinski definition) is 3. The summed E-state index contributed by atoms with van der Waals surface area (Å²) < 4.78 is 54.3. The lowest BCUT2D eigenvalue weighted by molar-refractivity contribution is -0.206. The number of pyridine rings is 1. The number of piperidine rings is 1. The van der Waals surface area contributed by atoms with Crippen molar-refractivity contribution < 1.29 is 22.7 Å². The maximum absolute atomic E-state index is 14.5. The second-order valence-electron chi connectivity index (χ2n) is 6.86. The zero-order valence-corrected chi connectivity index (χ0v) is 15.1. The first-order valence-electron chi connectivity index (χ1n) is 9.05. The SMILES string of the molecule is OC(c1ccc2ncc(-c3nc(NC4CCCNC4)ncc3F)n2c1)C(F)(F)F. The van der Waals surface area contributed by atoms with Crippen LogP contribution in [0.1, 0.15) is 24.5 Å². The highest BCUT2D eigenvalue weighted by atomic mass is 19.4. The van der Waals surface area contributed by atoms with Gasteiger partial charge in [-0.15, -0.1) is 0 Å². The molecule has 2 unspecified atom stereocenters. The van der Waals surface area contributed by atoms with Crippen LogP contribution in [-0.2, 0) is 0 Å². The number of nitrogens with one attached hydrogen (secondary N) is 2. The number of aliphatic hydroxyl groups excluding tert-OH is 1. The molecular weight excluding hydrogens is 392 g/mol. The van der Waals surface area contributed by atoms with Gasteiger partial charge in [0.25, 0.3) is 0 Å². The van der Waals surface area contributed by atoms with Gasteiger partial charge in [-0.3, -0.25) is 4.40 Å². The van der Waals surface area contributed by atoms with Gasteiger partial charge >= 0.3 is 6.18 Å². The summed E-state index contributed by atoms with van der Waals surface area (Å²) in [6.45, 7) is 1.66. The Morgan fingerprint density at radius 2 is 2.07 bits per heavy atom. The van der Waals surface area contributed by atoms with E-state index in [1.807, 2.05) is 0 Å². The largest absolute Gasteiger partial charge is 0.418 e. The standard InChI is InChI=1S/C18H18F4N6O/c19-12-7-25-17(26-11-2-1-5-23-6-11)27-15(12)13-8-24-14-4-3-10(9-28(13)14)16(29)18(20,21)22/h3-4,7-9,11,16,23,29H,1-2,5-6H2,(H,25,26,27). The van der Waals surface area contributed by atoms with Crippen LogP contribution >= 0.6 is 0 Å². The highest BCUT2D eigenvalue weighted by molar-refractivity contribution is 5.62. The number of alkyl halides is 3. The molecule has 1 fully saturated rings. The van der Waals surface area contributed by atoms with Crippen molar-refractivity contribution in [1.29, 1.82) is 0 Å². The van der Waals surface area contributed by atoms with Crippen LogP contribution in [0.5, 0.6) is 0 Å². The van der Waals surface area contributed by atoms with Crippen LogP contribution in [0.15, 0.2) is 30.7 Å². The van der Waals surface area contributed by atoms with Crippen LogP contribution in [0.2, 0.25) is 0 Å². The molecule has 0 saturated carbocycles. The Morgan fingerprint density at radius 3 is 2.79 bits per heavy atom. The predicted molar refractivity (Wildman–Crippen MR) is 96.7 cm³/mol. The van der Waals surface area contributed by atoms with Gasteiger partial charge in [0.15, 0.2) is 11.9 Å². The van der Waals surface area contributed by atoms with E-state index in [-0.39, 0.29) is 28.9 Å². The molecule has 0 radical (unpaired) electrons. The van der Waals surface area contributed by atoms with Crippen LogP contribution in [0.4, 0.5) is 23.5 Å². The Bertz CT molecular complexity index is 1020. The third kappa shape index (κ3) is 4.01. The lowest BCUT2D eigenvalue weighted by atomic mass is 10.1. The van der Waals surface area contributed by atoms with Crippen LogP contribution in [0, 0.1) is 5.82 Å². The molecule has 4 rings (SSSR count). The number of aliphatic hydroxyl groups is 1. The maximum atomic E-state index is 14.5. The van der Waals surface area contributed by atoms with Crippen molar-refractivity contribution in [3.8, 4) is 11.4 Å². The molecule has 0 aromatic carbocycles. The lowest BCUT2D eigenvalue weighted by Gasteiger charge is -2.23. The summed E-state index contributed by atoms with van der Waals surface area (Å²) in [5.74, 6) is -0.516. The molecule has 3 aromatic heterocycles. The molecule has 3 N–H and O–H groups in total. The van der Waals surface area contributed by atoms with E-state index in [1.54, 1.807) is 0 Å². The molecule has 4 heterocycles. The fraction of sp³-hybridized carbons (Fsp3) is 0.389. The minimum Gasteiger partial charge on any atom is -0.379 e. The van der Waals surface area contributed by atoms with Crippen molar-refractivity contribution in [1.82, 2.24) is 24.7 Å². The first-order chi connectivity index (χ1) is 13.8. The molecule has 1 aliphatic heterocycles. The first kappa shape index (κ1) is 19.5. The molecule has 1 aliphatic rings. The van der Waals surface area contributed by atoms with Gasteiger partial charge in [-0.1, -0.05) is 6.07 Å². The smallest absolute Gasteiger partial charge is 0.379 e. The van der Waals surface area contributed by atoms with Crippen molar-refractivity contribution in [2.45, 2.75) is 31.2 Å². The number of aromatic nitrogens is 4. The van der Waals surface area contributed by atoms with E-state index in [0.717, 1.165) is 44.4 Å². The fourth-order valence-corrected chi connectivity index (χ4v) is 3.30. The Kier molecular flexibility index (Phi) is 5.09. The van der Waals surface area contributed by atoms with E-state index in [2.05, 4.69) is 25.6 Å². The number of imidazole rings is 1. The Labute approximate surface area is 162 Å². The monoisotopic (exact) mass is 410 g/mol. The molecule has 0 aliphatic carbocycles. The normalized spacial score (nSPS) is 18.7. The third-order valence-electron chi connectivity index (χ3n) is 4.77. The summed E-state index contributed by atoms with van der Waals surface area (Å²) in [6, 6.07) is 2.54. The second-order valence-corrected chi connectivity index (χ2v) is 6.86. The average molecular weight is 410 g/mol. The van der Waals surface area contributed by atoms with Crippen molar-refractivity contribution >= 4 is 11.6 Å². The number of rotatable bonds is 4. The van der Waals surface area contributed by atoms with Gasteiger partial charge < -0.3 is 15.7 Å². The molecule has 154 valence electrons. The Morgan fingerprint density at radius 1 is 1.24 bits per heavy atom. The van der Waals surface area contributed by atoms with Crippen LogP contribution in [0.3, 0.4) is 0 Å². The minimum atomic E-state index is -4.82. The van der Waals surface area contributed by atoms with E-state index >= 15 is 0 Å². The van der Waals surface area contributed by atoms with Crippen LogP contribution in [-0.4, -0.2) is 49.8 Å². The highest BCUT2D eigenvalue weighted by Crippen LogP contribution is 2.33. The van der Waals surface area contributed by atoms with Crippen LogP contribution in [0.25, 0.3) is 17.0 Å². The van der Waals surface area contributed by atoms with Crippen molar-refractivity contribution in [2.24, 2.45) is 0 Å². The average Bonchev–Trinajstić information content (AvgIpc) is 3.12. The summed E-state index contributed by atoms with van der Waals surface area (Å²) in [4.78, 5) is 12.3. The van der Waals surface area contributed by atoms with E-state index in [4.69, 9.17) is 0 Å². The topological polar surface area (TPSA) is 87.4 Å². The number of nitrogens with zero attached hydrogens (tertiary/aromatic N) is 4. The quantitative estimate of drug-likeness (QED) is 0.574. The van der Waals surface area contributed by atoms with E-state index in [1.165, 1.54) is 16.7 Å². The number of halogens is 4. The van der Waals surface area contributed by atoms with E-state index < -0.39 is 18.1 Å². The van der Waals surface area contributed by atoms with Gasteiger partial charge in [0.1, 0.15) is 11.3 Å². The zero-order chi connectivity index (χ0) is 20.6. The summed E-state index contributed by atoms with van der Waals surface area (Å²) >= 11 is 0. The van der Waals surface area contributed by atoms with Gasteiger partial charge in [-0.05, 0) is 25.5 Å². The molecular formula is C18H18F4N6O. The molecule has 1 saturated heterocycles. The van der Waals surface area contributed by atoms with Gasteiger partial charge in [0.05, 0.1) is 18.1 Å². The minimum absolute atomic E-state index is 0.0952. The molecule has 3 aromatic rings. The Balaban J connectivity index is 1.71. The molecule has 7 nitrogen and oxygen atoms in total. The Hall–Kier alpha value is -2.79. The van der Waals surface area contributed by atoms with Crippen molar-refractivity contribution in [2.75, 3.05) is 18.4 Å². The molecule has 0 bridgehead atoms.